The molecule has 1 amide bonds. The maximum atomic E-state index is 12.1. The van der Waals surface area contributed by atoms with E-state index in [0.717, 1.165) is 0 Å². The summed E-state index contributed by atoms with van der Waals surface area (Å²) in [5, 5.41) is 11.6. The topological polar surface area (TPSA) is 125 Å². The first-order valence-electron chi connectivity index (χ1n) is 6.01. The molecule has 1 heterocycles. The van der Waals surface area contributed by atoms with E-state index < -0.39 is 10.0 Å². The molecule has 1 saturated heterocycles. The van der Waals surface area contributed by atoms with Gasteiger partial charge in [-0.2, -0.15) is 5.26 Å². The predicted molar refractivity (Wildman–Crippen MR) is 71.9 cm³/mol. The average molecular weight is 294 g/mol. The lowest BCUT2D eigenvalue weighted by Crippen LogP contribution is -2.38. The molecule has 1 aliphatic rings. The summed E-state index contributed by atoms with van der Waals surface area (Å²) in [7, 11) is -3.80. The van der Waals surface area contributed by atoms with Crippen LogP contribution in [-0.4, -0.2) is 26.9 Å². The van der Waals surface area contributed by atoms with Crippen molar-refractivity contribution in [2.24, 2.45) is 0 Å². The summed E-state index contributed by atoms with van der Waals surface area (Å²) in [6.07, 6.45) is 0.992. The van der Waals surface area contributed by atoms with E-state index in [2.05, 4.69) is 10.0 Å². The van der Waals surface area contributed by atoms with Crippen LogP contribution in [0.25, 0.3) is 0 Å². The van der Waals surface area contributed by atoms with Gasteiger partial charge < -0.3 is 11.1 Å². The third-order valence-electron chi connectivity index (χ3n) is 3.02. The number of nitrogen functional groups attached to an aromatic ring is 1. The fourth-order valence-corrected chi connectivity index (χ4v) is 3.21. The molecule has 2 rings (SSSR count). The highest BCUT2D eigenvalue weighted by molar-refractivity contribution is 7.89. The van der Waals surface area contributed by atoms with Gasteiger partial charge in [0.15, 0.2) is 0 Å². The molecule has 0 spiro atoms. The number of hydrogen-bond acceptors (Lipinski definition) is 5. The Labute approximate surface area is 116 Å². The molecule has 106 valence electrons. The second-order valence-electron chi connectivity index (χ2n) is 4.52. The van der Waals surface area contributed by atoms with Crippen LogP contribution in [0.4, 0.5) is 5.69 Å². The molecule has 1 unspecified atom stereocenters. The number of nitrogens with one attached hydrogen (secondary N) is 2. The largest absolute Gasteiger partial charge is 0.399 e. The van der Waals surface area contributed by atoms with Gasteiger partial charge in [0.2, 0.25) is 15.9 Å². The lowest BCUT2D eigenvalue weighted by molar-refractivity contribution is -0.119. The number of nitrogens with two attached hydrogens (primary N) is 1. The predicted octanol–water partition coefficient (Wildman–Crippen LogP) is -0.303. The van der Waals surface area contributed by atoms with E-state index in [0.29, 0.717) is 18.5 Å². The molecule has 0 saturated carbocycles. The van der Waals surface area contributed by atoms with Crippen LogP contribution in [0, 0.1) is 11.3 Å². The number of nitriles is 1. The summed E-state index contributed by atoms with van der Waals surface area (Å²) in [5.41, 5.74) is 5.84. The Morgan fingerprint density at radius 2 is 2.25 bits per heavy atom. The number of hydrogen-bond donors (Lipinski definition) is 3. The monoisotopic (exact) mass is 294 g/mol. The fourth-order valence-electron chi connectivity index (χ4n) is 1.99. The molecule has 0 bridgehead atoms. The van der Waals surface area contributed by atoms with Crippen molar-refractivity contribution >= 4 is 21.6 Å². The average Bonchev–Trinajstić information content (AvgIpc) is 2.82. The van der Waals surface area contributed by atoms with Gasteiger partial charge >= 0.3 is 0 Å². The summed E-state index contributed by atoms with van der Waals surface area (Å²) >= 11 is 0. The molecule has 1 aromatic carbocycles. The van der Waals surface area contributed by atoms with Gasteiger partial charge in [-0.3, -0.25) is 4.79 Å². The molecular formula is C12H14N4O3S. The van der Waals surface area contributed by atoms with E-state index in [4.69, 9.17) is 11.0 Å². The van der Waals surface area contributed by atoms with Gasteiger partial charge in [-0.1, -0.05) is 0 Å². The second kappa shape index (κ2) is 5.48. The maximum absolute atomic E-state index is 12.1. The quantitative estimate of drug-likeness (QED) is 0.657. The molecular weight excluding hydrogens is 280 g/mol. The molecule has 1 aliphatic heterocycles. The van der Waals surface area contributed by atoms with Gasteiger partial charge in [0.1, 0.15) is 6.07 Å². The van der Waals surface area contributed by atoms with Gasteiger partial charge in [0.25, 0.3) is 0 Å². The van der Waals surface area contributed by atoms with Crippen molar-refractivity contribution < 1.29 is 13.2 Å². The number of amides is 1. The zero-order chi connectivity index (χ0) is 14.8. The Bertz CT molecular complexity index is 678. The fraction of sp³-hybridized carbons (Fsp3) is 0.333. The Hall–Kier alpha value is -2.11. The summed E-state index contributed by atoms with van der Waals surface area (Å²) in [5.74, 6) is -0.0839. The van der Waals surface area contributed by atoms with Crippen molar-refractivity contribution in [1.29, 1.82) is 5.26 Å². The summed E-state index contributed by atoms with van der Waals surface area (Å²) in [6.45, 7) is 0.101. The minimum absolute atomic E-state index is 0.00652. The molecule has 1 fully saturated rings. The van der Waals surface area contributed by atoms with E-state index >= 15 is 0 Å². The highest BCUT2D eigenvalue weighted by atomic mass is 32.2. The number of carbonyl (C=O) groups is 1. The number of nitrogens with zero attached hydrogens (tertiary/aromatic N) is 1. The first kappa shape index (κ1) is 14.3. The third-order valence-corrected chi connectivity index (χ3v) is 4.50. The Kier molecular flexibility index (Phi) is 3.92. The molecule has 20 heavy (non-hydrogen) atoms. The lowest BCUT2D eigenvalue weighted by Gasteiger charge is -2.12. The van der Waals surface area contributed by atoms with E-state index in [1.165, 1.54) is 18.2 Å². The van der Waals surface area contributed by atoms with E-state index in [1.54, 1.807) is 0 Å². The van der Waals surface area contributed by atoms with Crippen LogP contribution in [0.2, 0.25) is 0 Å². The van der Waals surface area contributed by atoms with Crippen molar-refractivity contribution in [3.05, 3.63) is 23.8 Å². The van der Waals surface area contributed by atoms with Crippen molar-refractivity contribution in [3.8, 4) is 6.07 Å². The third kappa shape index (κ3) is 3.07. The maximum Gasteiger partial charge on any atom is 0.241 e. The molecule has 1 atom stereocenters. The van der Waals surface area contributed by atoms with Crippen molar-refractivity contribution in [3.63, 3.8) is 0 Å². The molecule has 4 N–H and O–H groups in total. The van der Waals surface area contributed by atoms with Crippen molar-refractivity contribution in [2.45, 2.75) is 23.8 Å². The highest BCUT2D eigenvalue weighted by Gasteiger charge is 2.24. The smallest absolute Gasteiger partial charge is 0.241 e. The van der Waals surface area contributed by atoms with Crippen LogP contribution >= 0.6 is 0 Å². The first-order chi connectivity index (χ1) is 9.42. The molecule has 1 aromatic rings. The summed E-state index contributed by atoms with van der Waals surface area (Å²) < 4.78 is 26.7. The molecule has 0 aliphatic carbocycles. The van der Waals surface area contributed by atoms with E-state index in [-0.39, 0.29) is 29.0 Å². The number of rotatable bonds is 4. The van der Waals surface area contributed by atoms with Crippen LogP contribution in [0.5, 0.6) is 0 Å². The number of sulfonamides is 1. The Balaban J connectivity index is 2.15. The van der Waals surface area contributed by atoms with Gasteiger partial charge in [0.05, 0.1) is 10.5 Å². The second-order valence-corrected chi connectivity index (χ2v) is 6.26. The van der Waals surface area contributed by atoms with Gasteiger partial charge in [-0.05, 0) is 24.6 Å². The molecule has 7 nitrogen and oxygen atoms in total. The van der Waals surface area contributed by atoms with Gasteiger partial charge in [-0.15, -0.1) is 0 Å². The minimum Gasteiger partial charge on any atom is -0.399 e. The zero-order valence-corrected chi connectivity index (χ0v) is 11.4. The van der Waals surface area contributed by atoms with Crippen molar-refractivity contribution in [1.82, 2.24) is 10.0 Å². The zero-order valence-electron chi connectivity index (χ0n) is 10.6. The normalized spacial score (nSPS) is 18.6. The molecule has 8 heteroatoms. The van der Waals surface area contributed by atoms with E-state index in [9.17, 15) is 13.2 Å². The van der Waals surface area contributed by atoms with Crippen LogP contribution in [0.15, 0.2) is 23.1 Å². The van der Waals surface area contributed by atoms with Crippen LogP contribution in [-0.2, 0) is 14.8 Å². The summed E-state index contributed by atoms with van der Waals surface area (Å²) in [4.78, 5) is 10.9. The van der Waals surface area contributed by atoms with Crippen molar-refractivity contribution in [2.75, 3.05) is 12.3 Å². The van der Waals surface area contributed by atoms with Gasteiger partial charge in [0, 0.05) is 24.7 Å². The number of anilines is 1. The molecule has 0 radical (unpaired) electrons. The first-order valence-corrected chi connectivity index (χ1v) is 7.49. The number of carbonyl (C=O) groups excluding carboxylic acids is 1. The minimum atomic E-state index is -3.80. The summed E-state index contributed by atoms with van der Waals surface area (Å²) in [6, 6.07) is 5.63. The number of benzene rings is 1. The highest BCUT2D eigenvalue weighted by Crippen LogP contribution is 2.18. The van der Waals surface area contributed by atoms with Crippen LogP contribution in [0.3, 0.4) is 0 Å². The Morgan fingerprint density at radius 1 is 1.50 bits per heavy atom. The van der Waals surface area contributed by atoms with Crippen LogP contribution in [0.1, 0.15) is 18.4 Å². The molecule has 0 aromatic heterocycles. The Morgan fingerprint density at radius 3 is 2.85 bits per heavy atom. The van der Waals surface area contributed by atoms with Crippen LogP contribution < -0.4 is 15.8 Å². The van der Waals surface area contributed by atoms with Gasteiger partial charge in [-0.25, -0.2) is 13.1 Å². The van der Waals surface area contributed by atoms with E-state index in [1.807, 2.05) is 6.07 Å². The SMILES string of the molecule is N#Cc1cc(N)ccc1S(=O)(=O)NCC1CCC(=O)N1. The standard InChI is InChI=1S/C12H14N4O3S/c13-6-8-5-9(14)1-3-11(8)20(18,19)15-7-10-2-4-12(17)16-10/h1,3,5,10,15H,2,4,7,14H2,(H,16,17). The lowest BCUT2D eigenvalue weighted by atomic mass is 10.2.